The van der Waals surface area contributed by atoms with Crippen molar-refractivity contribution in [2.45, 2.75) is 26.7 Å². The van der Waals surface area contributed by atoms with Gasteiger partial charge >= 0.3 is 0 Å². The van der Waals surface area contributed by atoms with Crippen LogP contribution in [0.1, 0.15) is 46.2 Å². The van der Waals surface area contributed by atoms with E-state index in [0.717, 1.165) is 18.5 Å². The minimum Gasteiger partial charge on any atom is -0.382 e. The molecule has 0 unspecified atom stereocenters. The van der Waals surface area contributed by atoms with Gasteiger partial charge in [0.1, 0.15) is 0 Å². The predicted molar refractivity (Wildman–Crippen MR) is 68.6 cm³/mol. The summed E-state index contributed by atoms with van der Waals surface area (Å²) in [6, 6.07) is 1.66. The van der Waals surface area contributed by atoms with E-state index < -0.39 is 0 Å². The Morgan fingerprint density at radius 3 is 2.78 bits per heavy atom. The lowest BCUT2D eigenvalue weighted by atomic mass is 9.94. The van der Waals surface area contributed by atoms with Gasteiger partial charge in [0.2, 0.25) is 5.78 Å². The van der Waals surface area contributed by atoms with Crippen molar-refractivity contribution in [2.75, 3.05) is 6.54 Å². The lowest BCUT2D eigenvalue weighted by Gasteiger charge is -2.16. The maximum absolute atomic E-state index is 12.1. The third kappa shape index (κ3) is 2.32. The standard InChI is InChI=1S/C14H16N2O2/c1-3-4-5-15-12-7-13(17)10-6-9(2)16-8-11(10)14(12)18/h6-8,15H,3-5H2,1-2H3. The second-order valence-corrected chi connectivity index (χ2v) is 4.40. The smallest absolute Gasteiger partial charge is 0.211 e. The molecular weight excluding hydrogens is 228 g/mol. The Hall–Kier alpha value is -1.97. The fraction of sp³-hybridized carbons (Fsp3) is 0.357. The average Bonchev–Trinajstić information content (AvgIpc) is 2.35. The number of hydrogen-bond donors (Lipinski definition) is 1. The first-order valence-electron chi connectivity index (χ1n) is 6.14. The zero-order valence-electron chi connectivity index (χ0n) is 10.6. The van der Waals surface area contributed by atoms with Crippen LogP contribution in [0.3, 0.4) is 0 Å². The number of rotatable bonds is 4. The van der Waals surface area contributed by atoms with Crippen LogP contribution in [0.25, 0.3) is 0 Å². The summed E-state index contributed by atoms with van der Waals surface area (Å²) >= 11 is 0. The summed E-state index contributed by atoms with van der Waals surface area (Å²) in [7, 11) is 0. The number of unbranched alkanes of at least 4 members (excludes halogenated alkanes) is 1. The molecule has 0 aromatic carbocycles. The van der Waals surface area contributed by atoms with Crippen molar-refractivity contribution in [3.05, 3.63) is 40.9 Å². The predicted octanol–water partition coefficient (Wildman–Crippen LogP) is 2.04. The second-order valence-electron chi connectivity index (χ2n) is 4.40. The van der Waals surface area contributed by atoms with Crippen molar-refractivity contribution < 1.29 is 9.59 Å². The van der Waals surface area contributed by atoms with Crippen molar-refractivity contribution in [1.82, 2.24) is 10.3 Å². The van der Waals surface area contributed by atoms with Crippen molar-refractivity contribution >= 4 is 11.6 Å². The number of allylic oxidation sites excluding steroid dienone is 2. The third-order valence-corrected chi connectivity index (χ3v) is 2.92. The van der Waals surface area contributed by atoms with Crippen LogP contribution in [0.4, 0.5) is 0 Å². The van der Waals surface area contributed by atoms with Gasteiger partial charge in [-0.3, -0.25) is 14.6 Å². The number of carbonyl (C=O) groups is 2. The number of nitrogens with zero attached hydrogens (tertiary/aromatic N) is 1. The van der Waals surface area contributed by atoms with E-state index in [4.69, 9.17) is 0 Å². The van der Waals surface area contributed by atoms with Crippen molar-refractivity contribution in [3.8, 4) is 0 Å². The van der Waals surface area contributed by atoms with E-state index in [9.17, 15) is 9.59 Å². The molecule has 0 amide bonds. The summed E-state index contributed by atoms with van der Waals surface area (Å²) in [4.78, 5) is 28.2. The third-order valence-electron chi connectivity index (χ3n) is 2.92. The van der Waals surface area contributed by atoms with Crippen LogP contribution in [0, 0.1) is 6.92 Å². The number of fused-ring (bicyclic) bond motifs is 1. The molecular formula is C14H16N2O2. The molecule has 1 aromatic heterocycles. The number of ketones is 2. The van der Waals surface area contributed by atoms with Gasteiger partial charge in [-0.1, -0.05) is 13.3 Å². The van der Waals surface area contributed by atoms with Crippen LogP contribution in [-0.4, -0.2) is 23.1 Å². The van der Waals surface area contributed by atoms with Gasteiger partial charge in [0.15, 0.2) is 5.78 Å². The molecule has 1 aliphatic rings. The highest BCUT2D eigenvalue weighted by Gasteiger charge is 2.25. The Bertz CT molecular complexity index is 533. The molecule has 0 saturated carbocycles. The summed E-state index contributed by atoms with van der Waals surface area (Å²) in [6.45, 7) is 4.58. The summed E-state index contributed by atoms with van der Waals surface area (Å²) in [5, 5.41) is 3.02. The molecule has 0 fully saturated rings. The summed E-state index contributed by atoms with van der Waals surface area (Å²) in [5.41, 5.74) is 1.97. The summed E-state index contributed by atoms with van der Waals surface area (Å²) in [6.07, 6.45) is 4.89. The zero-order chi connectivity index (χ0) is 13.1. The van der Waals surface area contributed by atoms with Crippen molar-refractivity contribution in [1.29, 1.82) is 0 Å². The van der Waals surface area contributed by atoms with E-state index in [2.05, 4.69) is 17.2 Å². The van der Waals surface area contributed by atoms with Crippen LogP contribution in [0.2, 0.25) is 0 Å². The van der Waals surface area contributed by atoms with Crippen LogP contribution < -0.4 is 5.32 Å². The Morgan fingerprint density at radius 2 is 2.06 bits per heavy atom. The lowest BCUT2D eigenvalue weighted by Crippen LogP contribution is -2.27. The zero-order valence-corrected chi connectivity index (χ0v) is 10.6. The molecule has 0 atom stereocenters. The lowest BCUT2D eigenvalue weighted by molar-refractivity contribution is 0.0977. The highest BCUT2D eigenvalue weighted by Crippen LogP contribution is 2.19. The minimum atomic E-state index is -0.145. The molecule has 0 radical (unpaired) electrons. The van der Waals surface area contributed by atoms with Gasteiger partial charge in [-0.15, -0.1) is 0 Å². The van der Waals surface area contributed by atoms with Crippen molar-refractivity contribution in [3.63, 3.8) is 0 Å². The molecule has 4 nitrogen and oxygen atoms in total. The molecule has 1 aliphatic carbocycles. The molecule has 4 heteroatoms. The van der Waals surface area contributed by atoms with E-state index in [1.807, 2.05) is 0 Å². The molecule has 0 spiro atoms. The maximum atomic E-state index is 12.1. The molecule has 2 rings (SSSR count). The van der Waals surface area contributed by atoms with Gasteiger partial charge in [-0.2, -0.15) is 0 Å². The summed E-state index contributed by atoms with van der Waals surface area (Å²) in [5.74, 6) is -0.276. The van der Waals surface area contributed by atoms with Crippen LogP contribution in [0.5, 0.6) is 0 Å². The number of aromatic nitrogens is 1. The molecule has 1 heterocycles. The van der Waals surface area contributed by atoms with E-state index in [-0.39, 0.29) is 11.6 Å². The topological polar surface area (TPSA) is 59.1 Å². The quantitative estimate of drug-likeness (QED) is 0.823. The van der Waals surface area contributed by atoms with Gasteiger partial charge in [-0.05, 0) is 19.4 Å². The van der Waals surface area contributed by atoms with E-state index in [1.165, 1.54) is 12.3 Å². The van der Waals surface area contributed by atoms with Crippen LogP contribution in [0.15, 0.2) is 24.0 Å². The Labute approximate surface area is 106 Å². The molecule has 1 N–H and O–H groups in total. The van der Waals surface area contributed by atoms with E-state index in [0.29, 0.717) is 23.4 Å². The normalized spacial score (nSPS) is 14.2. The number of pyridine rings is 1. The molecule has 0 aliphatic heterocycles. The number of hydrogen-bond acceptors (Lipinski definition) is 4. The van der Waals surface area contributed by atoms with Gasteiger partial charge in [0.05, 0.1) is 11.3 Å². The molecule has 18 heavy (non-hydrogen) atoms. The molecule has 94 valence electrons. The van der Waals surface area contributed by atoms with Gasteiger partial charge in [-0.25, -0.2) is 0 Å². The molecule has 0 bridgehead atoms. The van der Waals surface area contributed by atoms with Crippen molar-refractivity contribution in [2.24, 2.45) is 0 Å². The fourth-order valence-corrected chi connectivity index (χ4v) is 1.90. The first-order chi connectivity index (χ1) is 8.63. The first-order valence-corrected chi connectivity index (χ1v) is 6.14. The monoisotopic (exact) mass is 244 g/mol. The maximum Gasteiger partial charge on any atom is 0.211 e. The summed E-state index contributed by atoms with van der Waals surface area (Å²) < 4.78 is 0. The number of Topliss-reactive ketones (excluding diaryl/α,β-unsaturated/α-hetero) is 1. The number of nitrogens with one attached hydrogen (secondary N) is 1. The Kier molecular flexibility index (Phi) is 3.55. The van der Waals surface area contributed by atoms with E-state index in [1.54, 1.807) is 13.0 Å². The van der Waals surface area contributed by atoms with Crippen LogP contribution >= 0.6 is 0 Å². The largest absolute Gasteiger partial charge is 0.382 e. The molecule has 0 saturated heterocycles. The van der Waals surface area contributed by atoms with Gasteiger partial charge < -0.3 is 5.32 Å². The SMILES string of the molecule is CCCCNC1=CC(=O)c2cc(C)ncc2C1=O. The highest BCUT2D eigenvalue weighted by atomic mass is 16.1. The first kappa shape index (κ1) is 12.5. The Morgan fingerprint density at radius 1 is 1.28 bits per heavy atom. The van der Waals surface area contributed by atoms with Gasteiger partial charge in [0.25, 0.3) is 0 Å². The number of aryl methyl sites for hydroxylation is 1. The van der Waals surface area contributed by atoms with E-state index >= 15 is 0 Å². The fourth-order valence-electron chi connectivity index (χ4n) is 1.90. The van der Waals surface area contributed by atoms with Crippen LogP contribution in [-0.2, 0) is 0 Å². The number of carbonyl (C=O) groups excluding carboxylic acids is 2. The average molecular weight is 244 g/mol. The Balaban J connectivity index is 2.27. The molecule has 1 aromatic rings. The minimum absolute atomic E-state index is 0.130. The second kappa shape index (κ2) is 5.12. The van der Waals surface area contributed by atoms with Gasteiger partial charge in [0, 0.05) is 30.1 Å². The highest BCUT2D eigenvalue weighted by molar-refractivity contribution is 6.24.